The van der Waals surface area contributed by atoms with Gasteiger partial charge in [-0.2, -0.15) is 0 Å². The first-order valence-corrected chi connectivity index (χ1v) is 5.99. The molecule has 0 fully saturated rings. The van der Waals surface area contributed by atoms with E-state index >= 15 is 0 Å². The van der Waals surface area contributed by atoms with Crippen molar-refractivity contribution in [1.82, 2.24) is 5.32 Å². The number of hydrogen-bond donors (Lipinski definition) is 2. The lowest BCUT2D eigenvalue weighted by atomic mass is 10.1. The van der Waals surface area contributed by atoms with E-state index in [1.54, 1.807) is 32.9 Å². The van der Waals surface area contributed by atoms with Crippen LogP contribution in [0.2, 0.25) is 0 Å². The zero-order valence-corrected chi connectivity index (χ0v) is 11.1. The fourth-order valence-corrected chi connectivity index (χ4v) is 1.41. The number of hydrogen-bond acceptors (Lipinski definition) is 3. The Hall–Kier alpha value is -1.55. The maximum atomic E-state index is 11.4. The standard InChI is InChI=1S/C14H20NO3/c1-14(2,3)18-13(17)15-10-9-12(16)11-7-5-4-6-8-11/h4-5,7-8,12,16H,9-10H2,1-3H3,(H,15,17). The first-order valence-electron chi connectivity index (χ1n) is 5.99. The summed E-state index contributed by atoms with van der Waals surface area (Å²) in [5, 5.41) is 12.5. The highest BCUT2D eigenvalue weighted by Crippen LogP contribution is 2.14. The average Bonchev–Trinajstić information content (AvgIpc) is 2.27. The van der Waals surface area contributed by atoms with Gasteiger partial charge in [-0.1, -0.05) is 18.2 Å². The Morgan fingerprint density at radius 3 is 2.83 bits per heavy atom. The van der Waals surface area contributed by atoms with Crippen LogP contribution in [0.5, 0.6) is 0 Å². The number of aliphatic hydroxyl groups is 1. The molecular weight excluding hydrogens is 230 g/mol. The Morgan fingerprint density at radius 2 is 2.28 bits per heavy atom. The van der Waals surface area contributed by atoms with Crippen LogP contribution in [-0.2, 0) is 4.74 Å². The van der Waals surface area contributed by atoms with E-state index in [0.717, 1.165) is 5.56 Å². The molecule has 0 heterocycles. The lowest BCUT2D eigenvalue weighted by Gasteiger charge is -2.20. The van der Waals surface area contributed by atoms with E-state index in [1.807, 2.05) is 12.1 Å². The summed E-state index contributed by atoms with van der Waals surface area (Å²) in [6.45, 7) is 5.79. The summed E-state index contributed by atoms with van der Waals surface area (Å²) < 4.78 is 5.09. The summed E-state index contributed by atoms with van der Waals surface area (Å²) in [5.41, 5.74) is 0.292. The molecule has 0 saturated carbocycles. The van der Waals surface area contributed by atoms with Crippen LogP contribution in [0.3, 0.4) is 0 Å². The Kier molecular flexibility index (Phi) is 5.16. The van der Waals surface area contributed by atoms with Crippen molar-refractivity contribution in [3.05, 3.63) is 35.9 Å². The van der Waals surface area contributed by atoms with Crippen molar-refractivity contribution in [1.29, 1.82) is 0 Å². The summed E-state index contributed by atoms with van der Waals surface area (Å²) >= 11 is 0. The molecule has 0 spiro atoms. The van der Waals surface area contributed by atoms with E-state index in [1.165, 1.54) is 0 Å². The number of carbonyl (C=O) groups is 1. The first kappa shape index (κ1) is 14.5. The summed E-state index contributed by atoms with van der Waals surface area (Å²) in [6, 6.07) is 10.1. The molecule has 4 heteroatoms. The second-order valence-electron chi connectivity index (χ2n) is 5.07. The third-order valence-corrected chi connectivity index (χ3v) is 2.20. The molecule has 0 bridgehead atoms. The number of ether oxygens (including phenoxy) is 1. The molecule has 1 aromatic carbocycles. The molecule has 0 aliphatic heterocycles. The third kappa shape index (κ3) is 5.68. The molecule has 99 valence electrons. The fourth-order valence-electron chi connectivity index (χ4n) is 1.41. The lowest BCUT2D eigenvalue weighted by Crippen LogP contribution is -2.33. The van der Waals surface area contributed by atoms with Crippen LogP contribution >= 0.6 is 0 Å². The van der Waals surface area contributed by atoms with Crippen LogP contribution < -0.4 is 5.32 Å². The summed E-state index contributed by atoms with van der Waals surface area (Å²) in [4.78, 5) is 11.4. The van der Waals surface area contributed by atoms with E-state index in [0.29, 0.717) is 13.0 Å². The lowest BCUT2D eigenvalue weighted by molar-refractivity contribution is 0.0518. The fraction of sp³-hybridized carbons (Fsp3) is 0.500. The summed E-state index contributed by atoms with van der Waals surface area (Å²) in [5.74, 6) is 0. The SMILES string of the molecule is CC(C)(C)OC(=O)NCCC(O)c1c[c]ccc1. The monoisotopic (exact) mass is 250 g/mol. The number of rotatable bonds is 4. The van der Waals surface area contributed by atoms with Crippen molar-refractivity contribution in [3.63, 3.8) is 0 Å². The Labute approximate surface area is 108 Å². The van der Waals surface area contributed by atoms with E-state index in [-0.39, 0.29) is 0 Å². The average molecular weight is 250 g/mol. The largest absolute Gasteiger partial charge is 0.444 e. The number of amides is 1. The predicted molar refractivity (Wildman–Crippen MR) is 69.1 cm³/mol. The van der Waals surface area contributed by atoms with Gasteiger partial charge in [0, 0.05) is 6.54 Å². The van der Waals surface area contributed by atoms with E-state index < -0.39 is 17.8 Å². The molecule has 0 aliphatic rings. The molecule has 1 rings (SSSR count). The Bertz CT molecular complexity index is 370. The van der Waals surface area contributed by atoms with Crippen molar-refractivity contribution in [2.45, 2.75) is 38.9 Å². The van der Waals surface area contributed by atoms with Crippen molar-refractivity contribution < 1.29 is 14.6 Å². The van der Waals surface area contributed by atoms with Crippen LogP contribution in [0, 0.1) is 6.07 Å². The smallest absolute Gasteiger partial charge is 0.407 e. The maximum absolute atomic E-state index is 11.4. The van der Waals surface area contributed by atoms with Gasteiger partial charge >= 0.3 is 6.09 Å². The molecule has 0 aliphatic carbocycles. The van der Waals surface area contributed by atoms with Crippen molar-refractivity contribution in [2.75, 3.05) is 6.54 Å². The molecule has 0 saturated heterocycles. The molecule has 18 heavy (non-hydrogen) atoms. The highest BCUT2D eigenvalue weighted by molar-refractivity contribution is 5.67. The van der Waals surface area contributed by atoms with Crippen molar-refractivity contribution in [2.24, 2.45) is 0 Å². The highest BCUT2D eigenvalue weighted by atomic mass is 16.6. The molecule has 4 nitrogen and oxygen atoms in total. The predicted octanol–water partition coefficient (Wildman–Crippen LogP) is 2.43. The van der Waals surface area contributed by atoms with Crippen LogP contribution in [0.4, 0.5) is 4.79 Å². The van der Waals surface area contributed by atoms with Gasteiger partial charge in [-0.05, 0) is 44.9 Å². The number of nitrogens with one attached hydrogen (secondary N) is 1. The third-order valence-electron chi connectivity index (χ3n) is 2.20. The summed E-state index contributed by atoms with van der Waals surface area (Å²) in [6.07, 6.45) is -0.622. The topological polar surface area (TPSA) is 58.6 Å². The van der Waals surface area contributed by atoms with Crippen molar-refractivity contribution >= 4 is 6.09 Å². The minimum absolute atomic E-state index is 0.366. The van der Waals surface area contributed by atoms with E-state index in [2.05, 4.69) is 11.4 Å². The zero-order chi connectivity index (χ0) is 13.6. The van der Waals surface area contributed by atoms with E-state index in [4.69, 9.17) is 4.74 Å². The number of benzene rings is 1. The quantitative estimate of drug-likeness (QED) is 0.863. The van der Waals surface area contributed by atoms with Crippen molar-refractivity contribution in [3.8, 4) is 0 Å². The normalized spacial score (nSPS) is 12.9. The van der Waals surface area contributed by atoms with Crippen LogP contribution in [0.25, 0.3) is 0 Å². The summed E-state index contributed by atoms with van der Waals surface area (Å²) in [7, 11) is 0. The second kappa shape index (κ2) is 6.40. The molecule has 1 unspecified atom stereocenters. The van der Waals surface area contributed by atoms with Gasteiger partial charge in [0.05, 0.1) is 6.10 Å². The van der Waals surface area contributed by atoms with Gasteiger partial charge in [0.2, 0.25) is 0 Å². The molecular formula is C14H20NO3. The van der Waals surface area contributed by atoms with Gasteiger partial charge < -0.3 is 15.2 Å². The number of carbonyl (C=O) groups excluding carboxylic acids is 1. The molecule has 1 amide bonds. The molecule has 1 aromatic rings. The number of aliphatic hydroxyl groups excluding tert-OH is 1. The van der Waals surface area contributed by atoms with Crippen LogP contribution in [0.1, 0.15) is 38.9 Å². The van der Waals surface area contributed by atoms with Gasteiger partial charge in [-0.25, -0.2) is 4.79 Å². The van der Waals surface area contributed by atoms with Gasteiger partial charge in [0.15, 0.2) is 0 Å². The zero-order valence-electron chi connectivity index (χ0n) is 11.1. The first-order chi connectivity index (χ1) is 8.38. The number of alkyl carbamates (subject to hydrolysis) is 1. The van der Waals surface area contributed by atoms with Gasteiger partial charge in [0.25, 0.3) is 0 Å². The minimum atomic E-state index is -0.600. The second-order valence-corrected chi connectivity index (χ2v) is 5.07. The van der Waals surface area contributed by atoms with E-state index in [9.17, 15) is 9.90 Å². The Morgan fingerprint density at radius 1 is 1.56 bits per heavy atom. The highest BCUT2D eigenvalue weighted by Gasteiger charge is 2.16. The molecule has 0 aromatic heterocycles. The molecule has 1 radical (unpaired) electrons. The van der Waals surface area contributed by atoms with Gasteiger partial charge in [0.1, 0.15) is 5.60 Å². The minimum Gasteiger partial charge on any atom is -0.444 e. The van der Waals surface area contributed by atoms with Gasteiger partial charge in [-0.15, -0.1) is 0 Å². The van der Waals surface area contributed by atoms with Crippen LogP contribution in [0.15, 0.2) is 24.3 Å². The van der Waals surface area contributed by atoms with Gasteiger partial charge in [-0.3, -0.25) is 0 Å². The maximum Gasteiger partial charge on any atom is 0.407 e. The molecule has 1 atom stereocenters. The van der Waals surface area contributed by atoms with Crippen LogP contribution in [-0.4, -0.2) is 23.3 Å². The Balaban J connectivity index is 2.28. The molecule has 2 N–H and O–H groups in total.